The van der Waals surface area contributed by atoms with Gasteiger partial charge >= 0.3 is 0 Å². The molecule has 3 atom stereocenters. The summed E-state index contributed by atoms with van der Waals surface area (Å²) in [5.74, 6) is 3.06. The summed E-state index contributed by atoms with van der Waals surface area (Å²) in [5.41, 5.74) is -0.0672. The second kappa shape index (κ2) is 4.56. The largest absolute Gasteiger partial charge is 0.423 e. The van der Waals surface area contributed by atoms with Crippen molar-refractivity contribution in [3.05, 3.63) is 11.8 Å². The molecule has 3 heterocycles. The number of fused-ring (bicyclic) bond motifs is 1. The van der Waals surface area contributed by atoms with Gasteiger partial charge in [0.05, 0.1) is 6.54 Å². The van der Waals surface area contributed by atoms with Gasteiger partial charge in [-0.2, -0.15) is 0 Å². The number of nitrogens with one attached hydrogen (secondary N) is 1. The lowest BCUT2D eigenvalue weighted by atomic mass is 9.95. The van der Waals surface area contributed by atoms with Crippen molar-refractivity contribution in [1.82, 2.24) is 20.4 Å². The molecule has 1 aromatic heterocycles. The van der Waals surface area contributed by atoms with Crippen LogP contribution in [-0.2, 0) is 12.0 Å². The molecule has 2 saturated heterocycles. The van der Waals surface area contributed by atoms with Gasteiger partial charge in [0.2, 0.25) is 11.8 Å². The Bertz CT molecular complexity index is 451. The van der Waals surface area contributed by atoms with Crippen LogP contribution in [0.3, 0.4) is 0 Å². The first-order valence-electron chi connectivity index (χ1n) is 7.23. The first-order chi connectivity index (χ1) is 8.95. The number of aromatic nitrogens is 2. The number of hydrogen-bond acceptors (Lipinski definition) is 5. The third kappa shape index (κ3) is 2.41. The maximum absolute atomic E-state index is 5.80. The topological polar surface area (TPSA) is 54.2 Å². The molecule has 0 spiro atoms. The fourth-order valence-corrected chi connectivity index (χ4v) is 3.26. The van der Waals surface area contributed by atoms with Gasteiger partial charge in [-0.3, -0.25) is 4.90 Å². The van der Waals surface area contributed by atoms with E-state index in [4.69, 9.17) is 4.42 Å². The van der Waals surface area contributed by atoms with Crippen LogP contribution in [0.4, 0.5) is 0 Å². The van der Waals surface area contributed by atoms with Crippen molar-refractivity contribution in [3.63, 3.8) is 0 Å². The van der Waals surface area contributed by atoms with Crippen molar-refractivity contribution >= 4 is 0 Å². The fourth-order valence-electron chi connectivity index (χ4n) is 3.26. The number of nitrogens with zero attached hydrogens (tertiary/aromatic N) is 3. The van der Waals surface area contributed by atoms with E-state index in [1.54, 1.807) is 0 Å². The minimum atomic E-state index is -0.0672. The third-order valence-electron chi connectivity index (χ3n) is 4.50. The zero-order valence-corrected chi connectivity index (χ0v) is 12.3. The summed E-state index contributed by atoms with van der Waals surface area (Å²) in [6.45, 7) is 12.8. The van der Waals surface area contributed by atoms with E-state index in [1.807, 2.05) is 0 Å². The molecule has 0 radical (unpaired) electrons. The average molecular weight is 264 g/mol. The van der Waals surface area contributed by atoms with Crippen LogP contribution in [0.25, 0.3) is 0 Å². The van der Waals surface area contributed by atoms with E-state index in [2.05, 4.69) is 48.1 Å². The van der Waals surface area contributed by atoms with Gasteiger partial charge in [-0.25, -0.2) is 0 Å². The molecule has 2 aliphatic rings. The van der Waals surface area contributed by atoms with Crippen LogP contribution in [0, 0.1) is 11.8 Å². The van der Waals surface area contributed by atoms with Crippen molar-refractivity contribution in [2.45, 2.75) is 45.7 Å². The van der Waals surface area contributed by atoms with E-state index in [0.29, 0.717) is 6.04 Å². The molecule has 1 aromatic rings. The Kier molecular flexibility index (Phi) is 3.14. The van der Waals surface area contributed by atoms with Crippen LogP contribution < -0.4 is 5.32 Å². The molecule has 5 heteroatoms. The molecule has 0 bridgehead atoms. The molecule has 2 fully saturated rings. The first-order valence-corrected chi connectivity index (χ1v) is 7.23. The Morgan fingerprint density at radius 3 is 2.74 bits per heavy atom. The predicted octanol–water partition coefficient (Wildman–Crippen LogP) is 1.41. The van der Waals surface area contributed by atoms with Crippen LogP contribution >= 0.6 is 0 Å². The molecule has 0 aromatic carbocycles. The highest BCUT2D eigenvalue weighted by atomic mass is 16.4. The molecule has 1 N–H and O–H groups in total. The van der Waals surface area contributed by atoms with Crippen molar-refractivity contribution in [2.24, 2.45) is 11.8 Å². The monoisotopic (exact) mass is 264 g/mol. The molecule has 19 heavy (non-hydrogen) atoms. The standard InChI is InChI=1S/C14H24N4O/c1-9-11-6-15-5-10(11)7-18(9)8-12-16-17-13(19-12)14(2,3)4/h9-11,15H,5-8H2,1-4H3. The molecule has 106 valence electrons. The SMILES string of the molecule is CC1C2CNCC2CN1Cc1nnc(C(C)(C)C)o1. The molecule has 0 saturated carbocycles. The van der Waals surface area contributed by atoms with E-state index < -0.39 is 0 Å². The Morgan fingerprint density at radius 1 is 1.32 bits per heavy atom. The Hall–Kier alpha value is -0.940. The quantitative estimate of drug-likeness (QED) is 0.875. The average Bonchev–Trinajstić information content (AvgIpc) is 2.98. The van der Waals surface area contributed by atoms with Gasteiger partial charge in [0, 0.05) is 18.0 Å². The van der Waals surface area contributed by atoms with Gasteiger partial charge in [-0.15, -0.1) is 10.2 Å². The minimum Gasteiger partial charge on any atom is -0.423 e. The smallest absolute Gasteiger partial charge is 0.230 e. The van der Waals surface area contributed by atoms with Crippen molar-refractivity contribution in [1.29, 1.82) is 0 Å². The maximum atomic E-state index is 5.80. The molecular formula is C14H24N4O. The molecule has 0 amide bonds. The summed E-state index contributed by atoms with van der Waals surface area (Å²) in [6, 6.07) is 0.602. The van der Waals surface area contributed by atoms with E-state index >= 15 is 0 Å². The van der Waals surface area contributed by atoms with Crippen molar-refractivity contribution < 1.29 is 4.42 Å². The van der Waals surface area contributed by atoms with E-state index in [1.165, 1.54) is 0 Å². The lowest BCUT2D eigenvalue weighted by molar-refractivity contribution is 0.205. The number of hydrogen-bond donors (Lipinski definition) is 1. The van der Waals surface area contributed by atoms with Crippen LogP contribution in [0.2, 0.25) is 0 Å². The summed E-state index contributed by atoms with van der Waals surface area (Å²) in [6.07, 6.45) is 0. The van der Waals surface area contributed by atoms with Crippen molar-refractivity contribution in [3.8, 4) is 0 Å². The maximum Gasteiger partial charge on any atom is 0.230 e. The highest BCUT2D eigenvalue weighted by Crippen LogP contribution is 2.33. The van der Waals surface area contributed by atoms with Gasteiger partial charge in [-0.1, -0.05) is 20.8 Å². The summed E-state index contributed by atoms with van der Waals surface area (Å²) < 4.78 is 5.80. The normalized spacial score (nSPS) is 31.9. The summed E-state index contributed by atoms with van der Waals surface area (Å²) in [7, 11) is 0. The van der Waals surface area contributed by atoms with E-state index in [9.17, 15) is 0 Å². The van der Waals surface area contributed by atoms with Crippen LogP contribution in [0.5, 0.6) is 0 Å². The number of rotatable bonds is 2. The van der Waals surface area contributed by atoms with Gasteiger partial charge in [0.1, 0.15) is 0 Å². The van der Waals surface area contributed by atoms with Gasteiger partial charge in [0.15, 0.2) is 0 Å². The predicted molar refractivity (Wildman–Crippen MR) is 72.7 cm³/mol. The number of likely N-dealkylation sites (tertiary alicyclic amines) is 1. The fraction of sp³-hybridized carbons (Fsp3) is 0.857. The van der Waals surface area contributed by atoms with Crippen LogP contribution in [-0.4, -0.2) is 40.8 Å². The Labute approximate surface area is 114 Å². The summed E-state index contributed by atoms with van der Waals surface area (Å²) in [5, 5.41) is 11.9. The minimum absolute atomic E-state index is 0.0672. The highest BCUT2D eigenvalue weighted by Gasteiger charge is 2.42. The Balaban J connectivity index is 1.67. The van der Waals surface area contributed by atoms with E-state index in [0.717, 1.165) is 49.8 Å². The van der Waals surface area contributed by atoms with Gasteiger partial charge in [0.25, 0.3) is 0 Å². The van der Waals surface area contributed by atoms with Gasteiger partial charge < -0.3 is 9.73 Å². The molecule has 0 aliphatic carbocycles. The highest BCUT2D eigenvalue weighted by molar-refractivity contribution is 4.99. The zero-order chi connectivity index (χ0) is 13.6. The molecular weight excluding hydrogens is 240 g/mol. The van der Waals surface area contributed by atoms with Crippen LogP contribution in [0.1, 0.15) is 39.5 Å². The lowest BCUT2D eigenvalue weighted by Gasteiger charge is -2.22. The second-order valence-electron chi connectivity index (χ2n) is 7.00. The summed E-state index contributed by atoms with van der Waals surface area (Å²) in [4.78, 5) is 2.48. The molecule has 2 aliphatic heterocycles. The molecule has 3 unspecified atom stereocenters. The van der Waals surface area contributed by atoms with Crippen molar-refractivity contribution in [2.75, 3.05) is 19.6 Å². The Morgan fingerprint density at radius 2 is 2.11 bits per heavy atom. The second-order valence-corrected chi connectivity index (χ2v) is 7.00. The van der Waals surface area contributed by atoms with Gasteiger partial charge in [-0.05, 0) is 31.8 Å². The summed E-state index contributed by atoms with van der Waals surface area (Å²) >= 11 is 0. The van der Waals surface area contributed by atoms with E-state index in [-0.39, 0.29) is 5.41 Å². The lowest BCUT2D eigenvalue weighted by Crippen LogP contribution is -2.32. The van der Waals surface area contributed by atoms with Crippen LogP contribution in [0.15, 0.2) is 4.42 Å². The molecule has 3 rings (SSSR count). The first kappa shape index (κ1) is 13.1. The third-order valence-corrected chi connectivity index (χ3v) is 4.50. The zero-order valence-electron chi connectivity index (χ0n) is 12.3. The molecule has 5 nitrogen and oxygen atoms in total.